The summed E-state index contributed by atoms with van der Waals surface area (Å²) >= 11 is 6.17. The first-order chi connectivity index (χ1) is 13.8. The molecule has 0 saturated carbocycles. The van der Waals surface area contributed by atoms with Gasteiger partial charge in [0.15, 0.2) is 6.10 Å². The van der Waals surface area contributed by atoms with Gasteiger partial charge in [0, 0.05) is 19.0 Å². The summed E-state index contributed by atoms with van der Waals surface area (Å²) in [5.41, 5.74) is 8.06. The van der Waals surface area contributed by atoms with Gasteiger partial charge in [-0.3, -0.25) is 9.59 Å². The van der Waals surface area contributed by atoms with Crippen LogP contribution in [0.3, 0.4) is 0 Å². The number of benzene rings is 2. The lowest BCUT2D eigenvalue weighted by molar-refractivity contribution is -0.122. The van der Waals surface area contributed by atoms with Crippen LogP contribution in [0.15, 0.2) is 42.5 Å². The molecular weight excluding hydrogens is 390 g/mol. The SMILES string of the molecule is Cc1ccc(Cl)c(OC(C)C(=O)Nc2ccccc2N2CCC(C(N)=O)CC2)c1. The first kappa shape index (κ1) is 21.0. The minimum atomic E-state index is -0.719. The Kier molecular flexibility index (Phi) is 6.64. The molecular formula is C22H26ClN3O3. The zero-order valence-electron chi connectivity index (χ0n) is 16.7. The Morgan fingerprint density at radius 3 is 2.59 bits per heavy atom. The molecule has 0 aromatic heterocycles. The maximum atomic E-state index is 12.7. The third kappa shape index (κ3) is 5.21. The monoisotopic (exact) mass is 415 g/mol. The van der Waals surface area contributed by atoms with Crippen molar-refractivity contribution in [2.24, 2.45) is 11.7 Å². The number of primary amides is 1. The van der Waals surface area contributed by atoms with Crippen molar-refractivity contribution in [3.8, 4) is 5.75 Å². The van der Waals surface area contributed by atoms with Crippen molar-refractivity contribution < 1.29 is 14.3 Å². The molecule has 2 amide bonds. The van der Waals surface area contributed by atoms with Crippen LogP contribution in [0.1, 0.15) is 25.3 Å². The number of nitrogens with zero attached hydrogens (tertiary/aromatic N) is 1. The molecule has 0 aliphatic carbocycles. The number of rotatable bonds is 6. The van der Waals surface area contributed by atoms with E-state index < -0.39 is 6.10 Å². The minimum absolute atomic E-state index is 0.0829. The molecule has 3 N–H and O–H groups in total. The van der Waals surface area contributed by atoms with E-state index >= 15 is 0 Å². The number of nitrogens with one attached hydrogen (secondary N) is 1. The smallest absolute Gasteiger partial charge is 0.265 e. The minimum Gasteiger partial charge on any atom is -0.479 e. The topological polar surface area (TPSA) is 84.7 Å². The van der Waals surface area contributed by atoms with Gasteiger partial charge in [-0.1, -0.05) is 29.8 Å². The normalized spacial score (nSPS) is 15.6. The molecule has 1 fully saturated rings. The van der Waals surface area contributed by atoms with E-state index in [4.69, 9.17) is 22.1 Å². The number of para-hydroxylation sites is 2. The van der Waals surface area contributed by atoms with E-state index in [1.165, 1.54) is 0 Å². The van der Waals surface area contributed by atoms with Crippen LogP contribution in [0.5, 0.6) is 5.75 Å². The molecule has 1 aliphatic rings. The van der Waals surface area contributed by atoms with Gasteiger partial charge in [-0.15, -0.1) is 0 Å². The summed E-state index contributed by atoms with van der Waals surface area (Å²) in [4.78, 5) is 26.3. The second kappa shape index (κ2) is 9.18. The number of carbonyl (C=O) groups is 2. The highest BCUT2D eigenvalue weighted by molar-refractivity contribution is 6.32. The molecule has 1 heterocycles. The number of halogens is 1. The highest BCUT2D eigenvalue weighted by Crippen LogP contribution is 2.30. The number of hydrogen-bond acceptors (Lipinski definition) is 4. The number of aryl methyl sites for hydroxylation is 1. The molecule has 1 saturated heterocycles. The highest BCUT2D eigenvalue weighted by atomic mass is 35.5. The molecule has 0 bridgehead atoms. The number of carbonyl (C=O) groups excluding carboxylic acids is 2. The van der Waals surface area contributed by atoms with Crippen LogP contribution in [-0.4, -0.2) is 31.0 Å². The van der Waals surface area contributed by atoms with Gasteiger partial charge in [0.1, 0.15) is 5.75 Å². The van der Waals surface area contributed by atoms with E-state index in [1.807, 2.05) is 43.3 Å². The third-order valence-electron chi connectivity index (χ3n) is 5.16. The number of anilines is 2. The van der Waals surface area contributed by atoms with E-state index in [0.29, 0.717) is 42.4 Å². The average molecular weight is 416 g/mol. The third-order valence-corrected chi connectivity index (χ3v) is 5.47. The Morgan fingerprint density at radius 1 is 1.21 bits per heavy atom. The standard InChI is InChI=1S/C22H26ClN3O3/c1-14-7-8-17(23)20(13-14)29-15(2)22(28)25-18-5-3-4-6-19(18)26-11-9-16(10-12-26)21(24)27/h3-8,13,15-16H,9-12H2,1-2H3,(H2,24,27)(H,25,28). The molecule has 1 aliphatic heterocycles. The number of piperidine rings is 1. The van der Waals surface area contributed by atoms with Crippen LogP contribution in [-0.2, 0) is 9.59 Å². The summed E-state index contributed by atoms with van der Waals surface area (Å²) in [7, 11) is 0. The van der Waals surface area contributed by atoms with Gasteiger partial charge in [0.05, 0.1) is 16.4 Å². The van der Waals surface area contributed by atoms with Crippen molar-refractivity contribution in [3.05, 3.63) is 53.1 Å². The van der Waals surface area contributed by atoms with Gasteiger partial charge in [-0.05, 0) is 56.5 Å². The molecule has 1 unspecified atom stereocenters. The predicted octanol–water partition coefficient (Wildman–Crippen LogP) is 3.76. The quantitative estimate of drug-likeness (QED) is 0.752. The summed E-state index contributed by atoms with van der Waals surface area (Å²) in [5.74, 6) is -0.106. The molecule has 2 aromatic carbocycles. The first-order valence-electron chi connectivity index (χ1n) is 9.72. The van der Waals surface area contributed by atoms with Gasteiger partial charge in [0.25, 0.3) is 5.91 Å². The van der Waals surface area contributed by atoms with Gasteiger partial charge < -0.3 is 20.7 Å². The van der Waals surface area contributed by atoms with Crippen molar-refractivity contribution >= 4 is 34.8 Å². The fraction of sp³-hybridized carbons (Fsp3) is 0.364. The number of ether oxygens (including phenoxy) is 1. The Balaban J connectivity index is 1.68. The van der Waals surface area contributed by atoms with Gasteiger partial charge >= 0.3 is 0 Å². The Hall–Kier alpha value is -2.73. The lowest BCUT2D eigenvalue weighted by Gasteiger charge is -2.33. The number of hydrogen-bond donors (Lipinski definition) is 2. The Labute approximate surface area is 176 Å². The van der Waals surface area contributed by atoms with Crippen LogP contribution in [0.25, 0.3) is 0 Å². The van der Waals surface area contributed by atoms with Crippen molar-refractivity contribution in [1.82, 2.24) is 0 Å². The number of amides is 2. The van der Waals surface area contributed by atoms with Crippen molar-refractivity contribution in [3.63, 3.8) is 0 Å². The summed E-state index contributed by atoms with van der Waals surface area (Å²) in [6.45, 7) is 5.05. The number of nitrogens with two attached hydrogens (primary N) is 1. The second-order valence-corrected chi connectivity index (χ2v) is 7.77. The maximum Gasteiger partial charge on any atom is 0.265 e. The lowest BCUT2D eigenvalue weighted by Crippen LogP contribution is -2.39. The highest BCUT2D eigenvalue weighted by Gasteiger charge is 2.25. The lowest BCUT2D eigenvalue weighted by atomic mass is 9.96. The fourth-order valence-corrected chi connectivity index (χ4v) is 3.60. The largest absolute Gasteiger partial charge is 0.479 e. The van der Waals surface area contributed by atoms with Gasteiger partial charge in [0.2, 0.25) is 5.91 Å². The second-order valence-electron chi connectivity index (χ2n) is 7.36. The molecule has 3 rings (SSSR count). The van der Waals surface area contributed by atoms with Crippen molar-refractivity contribution in [2.45, 2.75) is 32.8 Å². The van der Waals surface area contributed by atoms with E-state index in [0.717, 1.165) is 11.3 Å². The van der Waals surface area contributed by atoms with Crippen molar-refractivity contribution in [1.29, 1.82) is 0 Å². The summed E-state index contributed by atoms with van der Waals surface area (Å²) in [6, 6.07) is 13.1. The van der Waals surface area contributed by atoms with Crippen LogP contribution in [0.4, 0.5) is 11.4 Å². The molecule has 29 heavy (non-hydrogen) atoms. The Bertz CT molecular complexity index is 895. The van der Waals surface area contributed by atoms with Gasteiger partial charge in [-0.25, -0.2) is 0 Å². The Morgan fingerprint density at radius 2 is 1.90 bits per heavy atom. The summed E-state index contributed by atoms with van der Waals surface area (Å²) in [5, 5.41) is 3.42. The summed E-state index contributed by atoms with van der Waals surface area (Å²) < 4.78 is 5.78. The molecule has 0 spiro atoms. The fourth-order valence-electron chi connectivity index (χ4n) is 3.44. The molecule has 0 radical (unpaired) electrons. The average Bonchev–Trinajstić information content (AvgIpc) is 2.71. The molecule has 6 nitrogen and oxygen atoms in total. The molecule has 154 valence electrons. The van der Waals surface area contributed by atoms with E-state index in [2.05, 4.69) is 10.2 Å². The van der Waals surface area contributed by atoms with E-state index in [-0.39, 0.29) is 17.7 Å². The van der Waals surface area contributed by atoms with E-state index in [9.17, 15) is 9.59 Å². The van der Waals surface area contributed by atoms with E-state index in [1.54, 1.807) is 13.0 Å². The molecule has 1 atom stereocenters. The summed E-state index contributed by atoms with van der Waals surface area (Å²) in [6.07, 6.45) is 0.703. The van der Waals surface area contributed by atoms with Crippen LogP contribution < -0.4 is 20.7 Å². The molecule has 7 heteroatoms. The maximum absolute atomic E-state index is 12.7. The van der Waals surface area contributed by atoms with Crippen LogP contribution in [0, 0.1) is 12.8 Å². The zero-order chi connectivity index (χ0) is 21.0. The van der Waals surface area contributed by atoms with Crippen molar-refractivity contribution in [2.75, 3.05) is 23.3 Å². The van der Waals surface area contributed by atoms with Crippen LogP contribution >= 0.6 is 11.6 Å². The zero-order valence-corrected chi connectivity index (χ0v) is 17.4. The first-order valence-corrected chi connectivity index (χ1v) is 10.1. The van der Waals surface area contributed by atoms with Gasteiger partial charge in [-0.2, -0.15) is 0 Å². The molecule has 2 aromatic rings. The predicted molar refractivity (Wildman–Crippen MR) is 115 cm³/mol. The van der Waals surface area contributed by atoms with Crippen LogP contribution in [0.2, 0.25) is 5.02 Å².